The van der Waals surface area contributed by atoms with Crippen LogP contribution in [-0.4, -0.2) is 9.97 Å². The Morgan fingerprint density at radius 3 is 2.57 bits per heavy atom. The molecule has 8 heteroatoms. The predicted octanol–water partition coefficient (Wildman–Crippen LogP) is 4.21. The fraction of sp³-hybridized carbons (Fsp3) is 0.231. The lowest BCUT2D eigenvalue weighted by Crippen LogP contribution is -2.03. The van der Waals surface area contributed by atoms with Crippen LogP contribution in [0.2, 0.25) is 0 Å². The van der Waals surface area contributed by atoms with Gasteiger partial charge >= 0.3 is 6.18 Å². The third-order valence-electron chi connectivity index (χ3n) is 2.92. The Bertz CT molecular complexity index is 805. The van der Waals surface area contributed by atoms with Crippen molar-refractivity contribution in [1.29, 1.82) is 0 Å². The third kappa shape index (κ3) is 2.66. The Kier molecular flexibility index (Phi) is 3.46. The van der Waals surface area contributed by atoms with Crippen molar-refractivity contribution in [2.45, 2.75) is 19.6 Å². The number of hydrogen-bond acceptors (Lipinski definition) is 5. The van der Waals surface area contributed by atoms with Gasteiger partial charge in [0.2, 0.25) is 0 Å². The number of aromatic nitrogens is 2. The van der Waals surface area contributed by atoms with E-state index in [1.165, 1.54) is 28.7 Å². The monoisotopic (exact) mass is 329 g/mol. The van der Waals surface area contributed by atoms with E-state index in [4.69, 9.17) is 5.73 Å². The Morgan fingerprint density at radius 1 is 1.19 bits per heavy atom. The number of alkyl halides is 3. The summed E-state index contributed by atoms with van der Waals surface area (Å²) in [5.74, 6) is 0. The lowest BCUT2D eigenvalue weighted by molar-refractivity contribution is -0.137. The second-order valence-corrected chi connectivity index (χ2v) is 6.54. The molecule has 2 N–H and O–H groups in total. The number of nitrogens with zero attached hydrogens (tertiary/aromatic N) is 2. The average Bonchev–Trinajstić information content (AvgIpc) is 2.99. The smallest absolute Gasteiger partial charge is 0.325 e. The highest BCUT2D eigenvalue weighted by molar-refractivity contribution is 7.25. The molecule has 1 aromatic carbocycles. The highest BCUT2D eigenvalue weighted by Crippen LogP contribution is 2.38. The molecule has 0 amide bonds. The molecule has 0 aliphatic rings. The van der Waals surface area contributed by atoms with E-state index in [9.17, 15) is 13.2 Å². The molecular weight excluding hydrogens is 319 g/mol. The summed E-state index contributed by atoms with van der Waals surface area (Å²) in [5.41, 5.74) is 6.03. The first-order valence-corrected chi connectivity index (χ1v) is 7.66. The zero-order chi connectivity index (χ0) is 15.2. The Hall–Kier alpha value is -1.51. The van der Waals surface area contributed by atoms with Gasteiger partial charge in [-0.2, -0.15) is 13.2 Å². The van der Waals surface area contributed by atoms with Crippen LogP contribution in [0.15, 0.2) is 18.2 Å². The molecule has 3 aromatic rings. The van der Waals surface area contributed by atoms with Gasteiger partial charge in [0.1, 0.15) is 10.0 Å². The van der Waals surface area contributed by atoms with Crippen LogP contribution in [0.1, 0.15) is 16.3 Å². The van der Waals surface area contributed by atoms with Gasteiger partial charge in [0.25, 0.3) is 0 Å². The summed E-state index contributed by atoms with van der Waals surface area (Å²) in [5, 5.41) is 1.47. The highest BCUT2D eigenvalue weighted by Gasteiger charge is 2.30. The van der Waals surface area contributed by atoms with Crippen molar-refractivity contribution in [3.63, 3.8) is 0 Å². The van der Waals surface area contributed by atoms with Crippen molar-refractivity contribution in [2.24, 2.45) is 5.73 Å². The van der Waals surface area contributed by atoms with E-state index in [1.54, 1.807) is 0 Å². The maximum Gasteiger partial charge on any atom is 0.416 e. The summed E-state index contributed by atoms with van der Waals surface area (Å²) >= 11 is 2.79. The van der Waals surface area contributed by atoms with Crippen molar-refractivity contribution in [1.82, 2.24) is 9.97 Å². The van der Waals surface area contributed by atoms with Crippen LogP contribution < -0.4 is 5.73 Å². The molecule has 2 heterocycles. The third-order valence-corrected chi connectivity index (χ3v) is 5.29. The van der Waals surface area contributed by atoms with Crippen LogP contribution >= 0.6 is 22.7 Å². The number of aryl methyl sites for hydroxylation is 1. The maximum atomic E-state index is 12.7. The van der Waals surface area contributed by atoms with Crippen molar-refractivity contribution in [2.75, 3.05) is 0 Å². The summed E-state index contributed by atoms with van der Waals surface area (Å²) in [4.78, 5) is 9.49. The second kappa shape index (κ2) is 5.04. The number of nitrogens with two attached hydrogens (primary N) is 1. The summed E-state index contributed by atoms with van der Waals surface area (Å²) in [6, 6.07) is 3.62. The highest BCUT2D eigenvalue weighted by atomic mass is 32.1. The van der Waals surface area contributed by atoms with Gasteiger partial charge in [-0.25, -0.2) is 9.97 Å². The molecule has 0 aliphatic carbocycles. The molecule has 3 rings (SSSR count). The van der Waals surface area contributed by atoms with Crippen molar-refractivity contribution in [3.8, 4) is 9.88 Å². The Balaban J connectivity index is 2.10. The first-order chi connectivity index (χ1) is 9.88. The molecule has 0 radical (unpaired) electrons. The van der Waals surface area contributed by atoms with Gasteiger partial charge in [-0.3, -0.25) is 0 Å². The Labute approximate surface area is 126 Å². The van der Waals surface area contributed by atoms with Crippen LogP contribution in [0.4, 0.5) is 13.2 Å². The van der Waals surface area contributed by atoms with E-state index in [0.717, 1.165) is 32.4 Å². The normalized spacial score (nSPS) is 12.2. The first kappa shape index (κ1) is 14.4. The minimum atomic E-state index is -4.36. The summed E-state index contributed by atoms with van der Waals surface area (Å²) in [6.07, 6.45) is -4.36. The van der Waals surface area contributed by atoms with Crippen molar-refractivity contribution < 1.29 is 13.2 Å². The first-order valence-electron chi connectivity index (χ1n) is 6.03. The van der Waals surface area contributed by atoms with Crippen molar-refractivity contribution in [3.05, 3.63) is 34.5 Å². The van der Waals surface area contributed by atoms with Gasteiger partial charge in [-0.05, 0) is 25.1 Å². The second-order valence-electron chi connectivity index (χ2n) is 4.43. The molecule has 0 fully saturated rings. The van der Waals surface area contributed by atoms with Gasteiger partial charge in [0, 0.05) is 6.54 Å². The molecule has 0 saturated heterocycles. The van der Waals surface area contributed by atoms with Gasteiger partial charge < -0.3 is 5.73 Å². The largest absolute Gasteiger partial charge is 0.416 e. The zero-order valence-corrected chi connectivity index (χ0v) is 12.5. The van der Waals surface area contributed by atoms with Gasteiger partial charge in [0.05, 0.1) is 26.4 Å². The molecule has 2 aromatic heterocycles. The molecule has 0 unspecified atom stereocenters. The predicted molar refractivity (Wildman–Crippen MR) is 78.4 cm³/mol. The van der Waals surface area contributed by atoms with Crippen LogP contribution in [0.5, 0.6) is 0 Å². The summed E-state index contributed by atoms with van der Waals surface area (Å²) in [7, 11) is 0. The zero-order valence-electron chi connectivity index (χ0n) is 10.9. The lowest BCUT2D eigenvalue weighted by atomic mass is 10.2. The van der Waals surface area contributed by atoms with Crippen LogP contribution in [0, 0.1) is 6.92 Å². The van der Waals surface area contributed by atoms with E-state index in [-0.39, 0.29) is 0 Å². The molecule has 110 valence electrons. The maximum absolute atomic E-state index is 12.7. The van der Waals surface area contributed by atoms with E-state index < -0.39 is 11.7 Å². The number of hydrogen-bond donors (Lipinski definition) is 1. The van der Waals surface area contributed by atoms with Gasteiger partial charge in [0.15, 0.2) is 0 Å². The van der Waals surface area contributed by atoms with E-state index >= 15 is 0 Å². The fourth-order valence-corrected chi connectivity index (χ4v) is 3.95. The Morgan fingerprint density at radius 2 is 1.95 bits per heavy atom. The molecule has 21 heavy (non-hydrogen) atoms. The van der Waals surface area contributed by atoms with Gasteiger partial charge in [-0.1, -0.05) is 0 Å². The minimum Gasteiger partial charge on any atom is -0.325 e. The average molecular weight is 329 g/mol. The molecule has 0 spiro atoms. The standard InChI is InChI=1S/C13H10F3N3S2/c1-6-11(21-10(5-17)18-6)12-19-8-4-7(13(14,15)16)2-3-9(8)20-12/h2-4H,5,17H2,1H3. The lowest BCUT2D eigenvalue weighted by Gasteiger charge is -2.04. The number of halogens is 3. The van der Waals surface area contributed by atoms with Crippen molar-refractivity contribution >= 4 is 32.9 Å². The number of benzene rings is 1. The molecule has 0 aliphatic heterocycles. The summed E-state index contributed by atoms with van der Waals surface area (Å²) < 4.78 is 38.9. The molecule has 0 bridgehead atoms. The van der Waals surface area contributed by atoms with Gasteiger partial charge in [-0.15, -0.1) is 22.7 Å². The van der Waals surface area contributed by atoms with Crippen LogP contribution in [0.3, 0.4) is 0 Å². The minimum absolute atomic E-state index is 0.342. The quantitative estimate of drug-likeness (QED) is 0.766. The number of thiazole rings is 2. The fourth-order valence-electron chi connectivity index (χ4n) is 1.94. The van der Waals surface area contributed by atoms with E-state index in [2.05, 4.69) is 9.97 Å². The topological polar surface area (TPSA) is 51.8 Å². The van der Waals surface area contributed by atoms with E-state index in [1.807, 2.05) is 6.92 Å². The summed E-state index contributed by atoms with van der Waals surface area (Å²) in [6.45, 7) is 2.19. The van der Waals surface area contributed by atoms with E-state index in [0.29, 0.717) is 17.1 Å². The molecule has 0 atom stereocenters. The molecule has 0 saturated carbocycles. The molecule has 3 nitrogen and oxygen atoms in total. The number of fused-ring (bicyclic) bond motifs is 1. The van der Waals surface area contributed by atoms with Crippen LogP contribution in [-0.2, 0) is 12.7 Å². The molecular formula is C13H10F3N3S2. The van der Waals surface area contributed by atoms with Crippen LogP contribution in [0.25, 0.3) is 20.1 Å². The number of rotatable bonds is 2. The SMILES string of the molecule is Cc1nc(CN)sc1-c1nc2cc(C(F)(F)F)ccc2s1.